The molecule has 2 aromatic heterocycles. The molecule has 1 aliphatic rings. The molecular weight excluding hydrogens is 453 g/mol. The Morgan fingerprint density at radius 3 is 2.88 bits per heavy atom. The van der Waals surface area contributed by atoms with Crippen LogP contribution >= 0.6 is 23.7 Å². The van der Waals surface area contributed by atoms with Crippen LogP contribution in [0.25, 0.3) is 0 Å². The average molecular weight is 474 g/mol. The Kier molecular flexibility index (Phi) is 7.64. The number of hydrogen-bond donors (Lipinski definition) is 2. The molecule has 3 aromatic rings. The average Bonchev–Trinajstić information content (AvgIpc) is 3.37. The lowest BCUT2D eigenvalue weighted by atomic mass is 10.0. The van der Waals surface area contributed by atoms with Gasteiger partial charge in [-0.15, -0.1) is 23.7 Å². The zero-order valence-corrected chi connectivity index (χ0v) is 18.6. The highest BCUT2D eigenvalue weighted by Gasteiger charge is 2.14. The number of nitrogens with two attached hydrogens (primary N) is 1. The van der Waals surface area contributed by atoms with Crippen LogP contribution in [0.5, 0.6) is 0 Å². The Morgan fingerprint density at radius 1 is 1.25 bits per heavy atom. The molecular formula is C22H21ClFN5O2S. The molecule has 0 aliphatic carbocycles. The predicted molar refractivity (Wildman–Crippen MR) is 125 cm³/mol. The lowest BCUT2D eigenvalue weighted by molar-refractivity contribution is -0.116. The number of anilines is 1. The summed E-state index contributed by atoms with van der Waals surface area (Å²) in [4.78, 5) is 25.7. The van der Waals surface area contributed by atoms with Gasteiger partial charge in [0, 0.05) is 29.1 Å². The number of rotatable bonds is 5. The molecule has 0 spiro atoms. The summed E-state index contributed by atoms with van der Waals surface area (Å²) in [5.41, 5.74) is 8.24. The van der Waals surface area contributed by atoms with Gasteiger partial charge in [-0.3, -0.25) is 9.36 Å². The highest BCUT2D eigenvalue weighted by Crippen LogP contribution is 2.23. The first-order valence-electron chi connectivity index (χ1n) is 9.69. The summed E-state index contributed by atoms with van der Waals surface area (Å²) in [5, 5.41) is 6.89. The topological polar surface area (TPSA) is 94.9 Å². The number of hydrogen-bond acceptors (Lipinski definition) is 5. The highest BCUT2D eigenvalue weighted by molar-refractivity contribution is 7.12. The molecule has 1 aliphatic heterocycles. The van der Waals surface area contributed by atoms with E-state index >= 15 is 0 Å². The van der Waals surface area contributed by atoms with Crippen molar-refractivity contribution in [2.45, 2.75) is 25.9 Å². The number of benzene rings is 1. The summed E-state index contributed by atoms with van der Waals surface area (Å²) >= 11 is 1.50. The van der Waals surface area contributed by atoms with Crippen molar-refractivity contribution < 1.29 is 9.18 Å². The van der Waals surface area contributed by atoms with Crippen LogP contribution in [0.15, 0.2) is 53.4 Å². The Bertz CT molecular complexity index is 1280. The molecule has 166 valence electrons. The van der Waals surface area contributed by atoms with E-state index in [1.165, 1.54) is 26.9 Å². The lowest BCUT2D eigenvalue weighted by Crippen LogP contribution is -2.26. The second-order valence-electron chi connectivity index (χ2n) is 7.11. The second kappa shape index (κ2) is 10.4. The number of carbonyl (C=O) groups is 1. The van der Waals surface area contributed by atoms with Gasteiger partial charge in [0.05, 0.1) is 24.3 Å². The molecule has 4 rings (SSSR count). The van der Waals surface area contributed by atoms with Gasteiger partial charge in [0.15, 0.2) is 0 Å². The van der Waals surface area contributed by atoms with Gasteiger partial charge in [-0.2, -0.15) is 5.10 Å². The summed E-state index contributed by atoms with van der Waals surface area (Å²) in [6.07, 6.45) is 3.06. The van der Waals surface area contributed by atoms with Crippen molar-refractivity contribution in [1.29, 1.82) is 0 Å². The van der Waals surface area contributed by atoms with E-state index in [1.807, 2.05) is 30.3 Å². The van der Waals surface area contributed by atoms with Crippen molar-refractivity contribution in [1.82, 2.24) is 14.3 Å². The van der Waals surface area contributed by atoms with E-state index in [-0.39, 0.29) is 37.1 Å². The number of amides is 1. The fourth-order valence-corrected chi connectivity index (χ4v) is 4.08. The van der Waals surface area contributed by atoms with E-state index in [1.54, 1.807) is 0 Å². The first-order chi connectivity index (χ1) is 15.1. The predicted octanol–water partition coefficient (Wildman–Crippen LogP) is 2.67. The van der Waals surface area contributed by atoms with Gasteiger partial charge >= 0.3 is 5.69 Å². The van der Waals surface area contributed by atoms with E-state index in [0.29, 0.717) is 24.9 Å². The maximum atomic E-state index is 12.7. The van der Waals surface area contributed by atoms with Gasteiger partial charge in [0.1, 0.15) is 6.33 Å². The third-order valence-corrected chi connectivity index (χ3v) is 5.87. The third-order valence-electron chi connectivity index (χ3n) is 4.88. The minimum absolute atomic E-state index is 0. The molecule has 0 fully saturated rings. The summed E-state index contributed by atoms with van der Waals surface area (Å²) < 4.78 is 15.4. The van der Waals surface area contributed by atoms with E-state index in [9.17, 15) is 14.0 Å². The first kappa shape index (κ1) is 23.5. The number of thiophene rings is 1. The molecule has 10 heteroatoms. The van der Waals surface area contributed by atoms with Crippen LogP contribution in [0, 0.1) is 11.8 Å². The van der Waals surface area contributed by atoms with Crippen molar-refractivity contribution in [2.75, 3.05) is 11.9 Å². The molecule has 3 N–H and O–H groups in total. The summed E-state index contributed by atoms with van der Waals surface area (Å²) in [6.45, 7) is 0.424. The molecule has 0 atom stereocenters. The van der Waals surface area contributed by atoms with E-state index in [2.05, 4.69) is 22.3 Å². The number of aryl methyl sites for hydroxylation is 1. The normalized spacial score (nSPS) is 12.9. The minimum Gasteiger partial charge on any atom is -0.327 e. The minimum atomic E-state index is -0.324. The van der Waals surface area contributed by atoms with Gasteiger partial charge in [-0.1, -0.05) is 11.8 Å². The maximum Gasteiger partial charge on any atom is 0.346 e. The largest absolute Gasteiger partial charge is 0.346 e. The van der Waals surface area contributed by atoms with Crippen molar-refractivity contribution in [2.24, 2.45) is 5.73 Å². The van der Waals surface area contributed by atoms with Gasteiger partial charge in [-0.05, 0) is 47.9 Å². The summed E-state index contributed by atoms with van der Waals surface area (Å²) in [6, 6.07) is 9.62. The molecule has 7 nitrogen and oxygen atoms in total. The van der Waals surface area contributed by atoms with E-state index < -0.39 is 0 Å². The zero-order valence-electron chi connectivity index (χ0n) is 17.0. The van der Waals surface area contributed by atoms with Crippen LogP contribution in [-0.2, 0) is 24.3 Å². The van der Waals surface area contributed by atoms with Crippen molar-refractivity contribution in [3.05, 3.63) is 79.9 Å². The molecule has 0 saturated heterocycles. The quantitative estimate of drug-likeness (QED) is 0.557. The first-order valence-corrected chi connectivity index (χ1v) is 10.5. The zero-order chi connectivity index (χ0) is 21.8. The van der Waals surface area contributed by atoms with Crippen molar-refractivity contribution in [3.8, 4) is 11.8 Å². The monoisotopic (exact) mass is 473 g/mol. The van der Waals surface area contributed by atoms with Crippen LogP contribution < -0.4 is 16.7 Å². The van der Waals surface area contributed by atoms with Crippen molar-refractivity contribution in [3.63, 3.8) is 0 Å². The van der Waals surface area contributed by atoms with Crippen LogP contribution in [0.2, 0.25) is 0 Å². The number of carbonyl (C=O) groups excluding carboxylic acids is 1. The van der Waals surface area contributed by atoms with Gasteiger partial charge in [-0.25, -0.2) is 13.9 Å². The maximum absolute atomic E-state index is 12.7. The summed E-state index contributed by atoms with van der Waals surface area (Å²) in [5.74, 6) is 6.35. The Morgan fingerprint density at radius 2 is 2.09 bits per heavy atom. The van der Waals surface area contributed by atoms with E-state index in [4.69, 9.17) is 5.73 Å². The van der Waals surface area contributed by atoms with Crippen LogP contribution in [-0.4, -0.2) is 26.8 Å². The van der Waals surface area contributed by atoms with Crippen LogP contribution in [0.3, 0.4) is 0 Å². The molecule has 0 bridgehead atoms. The number of nitrogens with one attached hydrogen (secondary N) is 1. The SMILES string of the molecule is Cl.NC/C(=C\F)Cn1ncn(Cc2ccc(C#Cc3ccc4c(c3)CCC(=O)N4)s2)c1=O. The second-order valence-corrected chi connectivity index (χ2v) is 8.27. The molecule has 0 unspecified atom stereocenters. The Hall–Kier alpha value is -3.19. The Labute approximate surface area is 194 Å². The smallest absolute Gasteiger partial charge is 0.327 e. The van der Waals surface area contributed by atoms with Gasteiger partial charge < -0.3 is 11.1 Å². The molecule has 3 heterocycles. The molecule has 1 amide bonds. The highest BCUT2D eigenvalue weighted by atomic mass is 35.5. The molecule has 32 heavy (non-hydrogen) atoms. The fraction of sp³-hybridized carbons (Fsp3) is 0.227. The fourth-order valence-electron chi connectivity index (χ4n) is 3.22. The Balaban J connectivity index is 0.00000289. The number of aromatic nitrogens is 3. The molecule has 1 aromatic carbocycles. The molecule has 0 saturated carbocycles. The molecule has 0 radical (unpaired) electrons. The lowest BCUT2D eigenvalue weighted by Gasteiger charge is -2.16. The van der Waals surface area contributed by atoms with E-state index in [0.717, 1.165) is 33.0 Å². The third kappa shape index (κ3) is 5.34. The number of halogens is 2. The van der Waals surface area contributed by atoms with Crippen LogP contribution in [0.4, 0.5) is 10.1 Å². The van der Waals surface area contributed by atoms with Crippen molar-refractivity contribution >= 4 is 35.3 Å². The van der Waals surface area contributed by atoms with Gasteiger partial charge in [0.2, 0.25) is 5.91 Å². The van der Waals surface area contributed by atoms with Crippen LogP contribution in [0.1, 0.15) is 27.3 Å². The summed E-state index contributed by atoms with van der Waals surface area (Å²) in [7, 11) is 0. The number of fused-ring (bicyclic) bond motifs is 1. The van der Waals surface area contributed by atoms with Gasteiger partial charge in [0.25, 0.3) is 0 Å². The standard InChI is InChI=1S/C22H20FN5O2S.ClH/c23-10-16(11-24)12-28-22(30)27(14-25-28)13-19-6-5-18(31-19)4-1-15-2-7-20-17(9-15)3-8-21(29)26-20;/h2,5-7,9-10,14H,3,8,11-13,24H2,(H,26,29);1H/b16-10+;. The number of nitrogens with zero attached hydrogens (tertiary/aromatic N) is 3.